The lowest BCUT2D eigenvalue weighted by Crippen LogP contribution is -2.65. The molecule has 0 aliphatic rings. The van der Waals surface area contributed by atoms with E-state index in [1.54, 1.807) is 57.3 Å². The number of benzene rings is 2. The van der Waals surface area contributed by atoms with Crippen molar-refractivity contribution in [2.24, 2.45) is 0 Å². The van der Waals surface area contributed by atoms with Crippen LogP contribution in [0.4, 0.5) is 0 Å². The number of Topliss-reactive ketones (excluding diaryl/α,β-unsaturated/α-hetero) is 1. The lowest BCUT2D eigenvalue weighted by molar-refractivity contribution is -0.122. The summed E-state index contributed by atoms with van der Waals surface area (Å²) in [5.41, 5.74) is 0.0152. The number of allylic oxidation sites excluding steroid dienone is 1. The highest BCUT2D eigenvalue weighted by molar-refractivity contribution is 7.21. The summed E-state index contributed by atoms with van der Waals surface area (Å²) in [7, 11) is -0.464. The van der Waals surface area contributed by atoms with E-state index >= 15 is 0 Å². The van der Waals surface area contributed by atoms with Gasteiger partial charge in [-0.1, -0.05) is 98.5 Å². The summed E-state index contributed by atoms with van der Waals surface area (Å²) in [5, 5.41) is 5.94. The first-order valence-electron chi connectivity index (χ1n) is 17.4. The lowest BCUT2D eigenvalue weighted by atomic mass is 10.0. The number of rotatable bonds is 17. The van der Waals surface area contributed by atoms with E-state index in [0.717, 1.165) is 14.9 Å². The van der Waals surface area contributed by atoms with E-state index < -0.39 is 36.8 Å². The SMILES string of the molecule is C=C/C(=C(\C)OC)[C@H](Cn1c(=O)n(C(C)C(=O)CC(C)(C)[Si](O)(c2ccccc2)c2ccccc2)c(=O)c2c(C)c(-n3cccn3)sc21)OCCOC. The Morgan fingerprint density at radius 2 is 1.66 bits per heavy atom. The second kappa shape index (κ2) is 16.6. The standard InChI is InChI=1S/C40H48N4O7SSi/c1-9-32(29(4)50-8)34(51-24-23-49-7)26-42-38-35(27(2)37(52-38)43-22-16-21-41-43)36(46)44(39(42)47)28(3)33(45)25-40(5,6)53(48,30-17-12-10-13-18-30)31-19-14-11-15-20-31/h9-22,28,34,48H,1,23-26H2,2-8H3/b32-29-/t28?,34-/m0/s1. The van der Waals surface area contributed by atoms with Crippen LogP contribution in [-0.2, 0) is 25.5 Å². The summed E-state index contributed by atoms with van der Waals surface area (Å²) < 4.78 is 21.3. The van der Waals surface area contributed by atoms with E-state index in [4.69, 9.17) is 14.2 Å². The molecule has 53 heavy (non-hydrogen) atoms. The Morgan fingerprint density at radius 3 is 2.19 bits per heavy atom. The van der Waals surface area contributed by atoms with Gasteiger partial charge in [-0.2, -0.15) is 5.10 Å². The van der Waals surface area contributed by atoms with Crippen molar-refractivity contribution in [1.29, 1.82) is 0 Å². The summed E-state index contributed by atoms with van der Waals surface area (Å²) in [6, 6.07) is 19.5. The third kappa shape index (κ3) is 7.57. The quantitative estimate of drug-likeness (QED) is 0.0615. The molecule has 0 aliphatic carbocycles. The molecule has 1 unspecified atom stereocenters. The van der Waals surface area contributed by atoms with Crippen LogP contribution in [-0.4, -0.2) is 71.3 Å². The fourth-order valence-corrected chi connectivity index (χ4v) is 11.8. The predicted molar refractivity (Wildman–Crippen MR) is 212 cm³/mol. The minimum Gasteiger partial charge on any atom is -0.501 e. The Labute approximate surface area is 314 Å². The molecular formula is C40H48N4O7SSi. The summed E-state index contributed by atoms with van der Waals surface area (Å²) in [5.74, 6) is 0.201. The Bertz CT molecular complexity index is 2170. The second-order valence-corrected chi connectivity index (χ2v) is 18.6. The van der Waals surface area contributed by atoms with Crippen LogP contribution in [0.25, 0.3) is 15.2 Å². The van der Waals surface area contributed by atoms with Crippen molar-refractivity contribution in [1.82, 2.24) is 18.9 Å². The summed E-state index contributed by atoms with van der Waals surface area (Å²) in [4.78, 5) is 56.9. The van der Waals surface area contributed by atoms with Crippen LogP contribution < -0.4 is 21.6 Å². The molecule has 11 nitrogen and oxygen atoms in total. The molecule has 0 amide bonds. The van der Waals surface area contributed by atoms with Crippen LogP contribution in [0.15, 0.2) is 113 Å². The van der Waals surface area contributed by atoms with E-state index in [1.807, 2.05) is 81.4 Å². The van der Waals surface area contributed by atoms with Gasteiger partial charge in [0.05, 0.1) is 44.1 Å². The zero-order chi connectivity index (χ0) is 38.5. The van der Waals surface area contributed by atoms with Gasteiger partial charge >= 0.3 is 5.69 Å². The number of aromatic nitrogens is 4. The molecular weight excluding hydrogens is 709 g/mol. The number of hydrogen-bond acceptors (Lipinski definition) is 9. The summed E-state index contributed by atoms with van der Waals surface area (Å²) in [6.07, 6.45) is 4.23. The number of thiophene rings is 1. The molecule has 0 aliphatic heterocycles. The van der Waals surface area contributed by atoms with Crippen molar-refractivity contribution in [2.75, 3.05) is 27.4 Å². The zero-order valence-electron chi connectivity index (χ0n) is 31.4. The minimum absolute atomic E-state index is 0.0129. The third-order valence-corrected chi connectivity index (χ3v) is 15.8. The molecule has 0 saturated carbocycles. The second-order valence-electron chi connectivity index (χ2n) is 13.6. The van der Waals surface area contributed by atoms with Crippen LogP contribution in [0.3, 0.4) is 0 Å². The molecule has 0 spiro atoms. The molecule has 0 fully saturated rings. The highest BCUT2D eigenvalue weighted by Gasteiger charge is 2.51. The monoisotopic (exact) mass is 756 g/mol. The number of hydrogen-bond donors (Lipinski definition) is 1. The van der Waals surface area contributed by atoms with E-state index in [9.17, 15) is 19.2 Å². The molecule has 0 bridgehead atoms. The smallest absolute Gasteiger partial charge is 0.332 e. The zero-order valence-corrected chi connectivity index (χ0v) is 33.2. The van der Waals surface area contributed by atoms with Crippen molar-refractivity contribution in [3.8, 4) is 5.00 Å². The van der Waals surface area contributed by atoms with Gasteiger partial charge in [0.25, 0.3) is 13.9 Å². The molecule has 3 aromatic heterocycles. The molecule has 0 radical (unpaired) electrons. The van der Waals surface area contributed by atoms with Crippen molar-refractivity contribution in [3.63, 3.8) is 0 Å². The topological polar surface area (TPSA) is 127 Å². The van der Waals surface area contributed by atoms with Crippen LogP contribution in [0.1, 0.15) is 45.7 Å². The van der Waals surface area contributed by atoms with E-state index in [2.05, 4.69) is 11.7 Å². The molecule has 13 heteroatoms. The Hall–Kier alpha value is -4.66. The summed E-state index contributed by atoms with van der Waals surface area (Å²) >= 11 is 1.26. The average Bonchev–Trinajstić information content (AvgIpc) is 3.81. The fourth-order valence-electron chi connectivity index (χ4n) is 6.92. The molecule has 280 valence electrons. The van der Waals surface area contributed by atoms with Gasteiger partial charge in [0.15, 0.2) is 5.78 Å². The average molecular weight is 757 g/mol. The van der Waals surface area contributed by atoms with Crippen molar-refractivity contribution in [2.45, 2.75) is 64.8 Å². The maximum atomic E-state index is 14.7. The number of ketones is 1. The van der Waals surface area contributed by atoms with Crippen molar-refractivity contribution >= 4 is 46.0 Å². The van der Waals surface area contributed by atoms with E-state index in [-0.39, 0.29) is 25.4 Å². The largest absolute Gasteiger partial charge is 0.501 e. The first-order chi connectivity index (χ1) is 25.3. The summed E-state index contributed by atoms with van der Waals surface area (Å²) in [6.45, 7) is 13.4. The first kappa shape index (κ1) is 39.5. The number of ether oxygens (including phenoxy) is 3. The van der Waals surface area contributed by atoms with Gasteiger partial charge in [0.2, 0.25) is 0 Å². The Morgan fingerprint density at radius 1 is 1.04 bits per heavy atom. The van der Waals surface area contributed by atoms with Crippen LogP contribution >= 0.6 is 11.3 Å². The Kier molecular flexibility index (Phi) is 12.4. The maximum Gasteiger partial charge on any atom is 0.332 e. The number of methoxy groups -OCH3 is 2. The Balaban J connectivity index is 1.67. The number of carbonyl (C=O) groups is 1. The minimum atomic E-state index is -3.58. The number of aryl methyl sites for hydroxylation is 1. The predicted octanol–water partition coefficient (Wildman–Crippen LogP) is 4.91. The molecule has 2 aromatic carbocycles. The van der Waals surface area contributed by atoms with Gasteiger partial charge in [-0.25, -0.2) is 14.0 Å². The highest BCUT2D eigenvalue weighted by Crippen LogP contribution is 2.40. The van der Waals surface area contributed by atoms with Gasteiger partial charge in [-0.05, 0) is 42.2 Å². The van der Waals surface area contributed by atoms with Gasteiger partial charge in [0.1, 0.15) is 15.9 Å². The van der Waals surface area contributed by atoms with Gasteiger partial charge in [-0.15, -0.1) is 0 Å². The van der Waals surface area contributed by atoms with Crippen molar-refractivity contribution < 1.29 is 23.8 Å². The third-order valence-electron chi connectivity index (χ3n) is 10.00. The van der Waals surface area contributed by atoms with E-state index in [0.29, 0.717) is 38.7 Å². The molecule has 5 rings (SSSR count). The molecule has 0 saturated heterocycles. The molecule has 3 heterocycles. The van der Waals surface area contributed by atoms with Crippen molar-refractivity contribution in [3.05, 3.63) is 130 Å². The fraction of sp³-hybridized carbons (Fsp3) is 0.350. The highest BCUT2D eigenvalue weighted by atomic mass is 32.1. The number of nitrogens with zero attached hydrogens (tertiary/aromatic N) is 4. The van der Waals surface area contributed by atoms with Gasteiger partial charge in [-0.3, -0.25) is 14.2 Å². The van der Waals surface area contributed by atoms with Crippen LogP contribution in [0, 0.1) is 6.92 Å². The van der Waals surface area contributed by atoms with E-state index in [1.165, 1.54) is 15.9 Å². The normalized spacial score (nSPS) is 13.8. The van der Waals surface area contributed by atoms with Crippen LogP contribution in [0.2, 0.25) is 5.04 Å². The number of carbonyl (C=O) groups excluding carboxylic acids is 1. The molecule has 1 N–H and O–H groups in total. The lowest BCUT2D eigenvalue weighted by Gasteiger charge is -2.41. The maximum absolute atomic E-state index is 14.7. The van der Waals surface area contributed by atoms with Gasteiger partial charge < -0.3 is 19.0 Å². The van der Waals surface area contributed by atoms with Crippen LogP contribution in [0.5, 0.6) is 0 Å². The molecule has 5 aromatic rings. The number of fused-ring (bicyclic) bond motifs is 1. The first-order valence-corrected chi connectivity index (χ1v) is 20.2. The van der Waals surface area contributed by atoms with Gasteiger partial charge in [0, 0.05) is 37.1 Å². The molecule has 2 atom stereocenters.